The van der Waals surface area contributed by atoms with Gasteiger partial charge in [0.05, 0.1) is 11.0 Å². The lowest BCUT2D eigenvalue weighted by Gasteiger charge is -2.38. The molecule has 2 aromatic heterocycles. The molecule has 10 rings (SSSR count). The van der Waals surface area contributed by atoms with Gasteiger partial charge in [-0.3, -0.25) is 0 Å². The highest BCUT2D eigenvalue weighted by Gasteiger charge is 2.19. The van der Waals surface area contributed by atoms with Gasteiger partial charge < -0.3 is 14.5 Å². The average Bonchev–Trinajstić information content (AvgIpc) is 3.71. The van der Waals surface area contributed by atoms with Crippen LogP contribution in [0.3, 0.4) is 0 Å². The number of nitrogens with zero attached hydrogens (tertiary/aromatic N) is 3. The number of rotatable bonds is 5. The topological polar surface area (TPSA) is 24.0 Å². The Bertz CT molecular complexity index is 2820. The summed E-state index contributed by atoms with van der Waals surface area (Å²) in [7, 11) is 0. The van der Waals surface area contributed by atoms with Gasteiger partial charge >= 0.3 is 0 Å². The Balaban J connectivity index is 1.08. The van der Waals surface area contributed by atoms with E-state index in [-0.39, 0.29) is 6.17 Å². The van der Waals surface area contributed by atoms with Gasteiger partial charge in [0.25, 0.3) is 0 Å². The number of hydrogen-bond acceptors (Lipinski definition) is 0. The summed E-state index contributed by atoms with van der Waals surface area (Å²) in [6.45, 7) is 2.23. The number of aromatic nitrogens is 2. The van der Waals surface area contributed by atoms with Crippen LogP contribution in [0.2, 0.25) is 0 Å². The molecule has 0 saturated heterocycles. The summed E-state index contributed by atoms with van der Waals surface area (Å²) >= 11 is 0. The minimum absolute atomic E-state index is 0.146. The SMILES string of the molecule is CC1=C(c2ccc(-c3ccccc3)cc2)C=C[N-]C1n1c2ccccc2c2cc(-c3ccc4c(c3)c3ccccc3n4-c3ccccc3)ccc21. The molecule has 0 aliphatic carbocycles. The maximum atomic E-state index is 5.09. The Labute approximate surface area is 297 Å². The maximum Gasteiger partial charge on any atom is 0.0541 e. The van der Waals surface area contributed by atoms with Gasteiger partial charge in [0, 0.05) is 38.3 Å². The van der Waals surface area contributed by atoms with Crippen molar-refractivity contribution in [2.45, 2.75) is 13.1 Å². The van der Waals surface area contributed by atoms with Gasteiger partial charge in [-0.2, -0.15) is 6.20 Å². The summed E-state index contributed by atoms with van der Waals surface area (Å²) in [4.78, 5) is 0. The van der Waals surface area contributed by atoms with Crippen LogP contribution in [0.5, 0.6) is 0 Å². The molecule has 3 heteroatoms. The van der Waals surface area contributed by atoms with Gasteiger partial charge in [-0.05, 0) is 95.0 Å². The first-order valence-corrected chi connectivity index (χ1v) is 17.6. The molecule has 9 aromatic rings. The Morgan fingerprint density at radius 3 is 1.65 bits per heavy atom. The minimum Gasteiger partial charge on any atom is -0.668 e. The minimum atomic E-state index is -0.146. The van der Waals surface area contributed by atoms with Crippen molar-refractivity contribution < 1.29 is 0 Å². The molecule has 242 valence electrons. The van der Waals surface area contributed by atoms with Crippen LogP contribution < -0.4 is 0 Å². The number of fused-ring (bicyclic) bond motifs is 6. The lowest BCUT2D eigenvalue weighted by Crippen LogP contribution is -2.12. The lowest BCUT2D eigenvalue weighted by molar-refractivity contribution is 0.713. The highest BCUT2D eigenvalue weighted by atomic mass is 15.2. The van der Waals surface area contributed by atoms with E-state index in [1.165, 1.54) is 88.3 Å². The molecule has 3 heterocycles. The Morgan fingerprint density at radius 2 is 0.922 bits per heavy atom. The molecule has 1 unspecified atom stereocenters. The highest BCUT2D eigenvalue weighted by Crippen LogP contribution is 2.43. The Hall–Kier alpha value is -6.58. The van der Waals surface area contributed by atoms with Crippen LogP contribution in [0.4, 0.5) is 0 Å². The highest BCUT2D eigenvalue weighted by molar-refractivity contribution is 6.12. The summed E-state index contributed by atoms with van der Waals surface area (Å²) in [6, 6.07) is 61.4. The third kappa shape index (κ3) is 4.74. The summed E-state index contributed by atoms with van der Waals surface area (Å²) in [5, 5.41) is 10.1. The molecule has 0 saturated carbocycles. The van der Waals surface area contributed by atoms with Crippen molar-refractivity contribution in [3.63, 3.8) is 0 Å². The zero-order valence-electron chi connectivity index (χ0n) is 28.2. The first-order valence-electron chi connectivity index (χ1n) is 17.6. The zero-order valence-corrected chi connectivity index (χ0v) is 28.2. The van der Waals surface area contributed by atoms with Crippen LogP contribution in [0.25, 0.3) is 82.4 Å². The molecule has 1 aliphatic rings. The first-order chi connectivity index (χ1) is 25.2. The van der Waals surface area contributed by atoms with Gasteiger partial charge in [0.1, 0.15) is 0 Å². The van der Waals surface area contributed by atoms with Crippen LogP contribution in [-0.2, 0) is 0 Å². The van der Waals surface area contributed by atoms with Crippen molar-refractivity contribution in [1.82, 2.24) is 9.13 Å². The second-order valence-corrected chi connectivity index (χ2v) is 13.4. The quantitative estimate of drug-likeness (QED) is 0.177. The third-order valence-corrected chi connectivity index (χ3v) is 10.6. The zero-order chi connectivity index (χ0) is 33.9. The average molecular weight is 653 g/mol. The van der Waals surface area contributed by atoms with E-state index in [4.69, 9.17) is 5.32 Å². The largest absolute Gasteiger partial charge is 0.668 e. The molecule has 0 N–H and O–H groups in total. The van der Waals surface area contributed by atoms with Gasteiger partial charge in [-0.15, -0.1) is 0 Å². The summed E-state index contributed by atoms with van der Waals surface area (Å²) < 4.78 is 4.79. The molecule has 0 bridgehead atoms. The second-order valence-electron chi connectivity index (χ2n) is 13.4. The van der Waals surface area contributed by atoms with E-state index in [1.54, 1.807) is 0 Å². The molecule has 0 fully saturated rings. The molecule has 0 spiro atoms. The smallest absolute Gasteiger partial charge is 0.0541 e. The molecular formula is C48H34N3-. The van der Waals surface area contributed by atoms with Crippen LogP contribution >= 0.6 is 0 Å². The van der Waals surface area contributed by atoms with Crippen molar-refractivity contribution >= 4 is 49.2 Å². The van der Waals surface area contributed by atoms with Crippen molar-refractivity contribution in [3.8, 4) is 27.9 Å². The molecular weight excluding hydrogens is 619 g/mol. The number of hydrogen-bond donors (Lipinski definition) is 0. The third-order valence-electron chi connectivity index (χ3n) is 10.6. The number of para-hydroxylation sites is 3. The van der Waals surface area contributed by atoms with Gasteiger partial charge in [0.15, 0.2) is 0 Å². The monoisotopic (exact) mass is 652 g/mol. The van der Waals surface area contributed by atoms with E-state index in [2.05, 4.69) is 192 Å². The molecule has 0 amide bonds. The fourth-order valence-corrected chi connectivity index (χ4v) is 8.09. The summed E-state index contributed by atoms with van der Waals surface area (Å²) in [6.07, 6.45) is 3.99. The van der Waals surface area contributed by atoms with Crippen molar-refractivity contribution in [1.29, 1.82) is 0 Å². The maximum absolute atomic E-state index is 5.09. The molecule has 1 aliphatic heterocycles. The van der Waals surface area contributed by atoms with E-state index in [9.17, 15) is 0 Å². The van der Waals surface area contributed by atoms with E-state index in [0.29, 0.717) is 0 Å². The number of benzene rings is 7. The summed E-state index contributed by atoms with van der Waals surface area (Å²) in [5.41, 5.74) is 14.5. The fraction of sp³-hybridized carbons (Fsp3) is 0.0417. The van der Waals surface area contributed by atoms with Crippen LogP contribution in [0.15, 0.2) is 188 Å². The predicted octanol–water partition coefficient (Wildman–Crippen LogP) is 13.1. The second kappa shape index (κ2) is 11.8. The molecule has 1 atom stereocenters. The first kappa shape index (κ1) is 29.3. The van der Waals surface area contributed by atoms with Gasteiger partial charge in [0.2, 0.25) is 0 Å². The van der Waals surface area contributed by atoms with Crippen molar-refractivity contribution in [2.24, 2.45) is 0 Å². The van der Waals surface area contributed by atoms with Crippen LogP contribution in [-0.4, -0.2) is 9.13 Å². The Kier molecular flexibility index (Phi) is 6.78. The standard InChI is InChI=1S/C48H34N3/c1-32-39(35-22-20-34(21-23-35)33-12-4-2-5-13-33)28-29-49-48(32)51-45-19-11-9-17-41(45)43-31-37(25-27-47(43)51)36-24-26-46-42(30-36)40-16-8-10-18-44(40)50(46)38-14-6-3-7-15-38/h2-31,48H,1H3/q-1. The van der Waals surface area contributed by atoms with Crippen molar-refractivity contribution in [3.05, 3.63) is 199 Å². The van der Waals surface area contributed by atoms with E-state index in [1.807, 2.05) is 6.20 Å². The summed E-state index contributed by atoms with van der Waals surface area (Å²) in [5.74, 6) is 0. The molecule has 51 heavy (non-hydrogen) atoms. The fourth-order valence-electron chi connectivity index (χ4n) is 8.09. The van der Waals surface area contributed by atoms with E-state index < -0.39 is 0 Å². The lowest BCUT2D eigenvalue weighted by atomic mass is 9.94. The van der Waals surface area contributed by atoms with Crippen LogP contribution in [0, 0.1) is 0 Å². The van der Waals surface area contributed by atoms with Crippen LogP contribution in [0.1, 0.15) is 18.7 Å². The molecule has 7 aromatic carbocycles. The van der Waals surface area contributed by atoms with E-state index >= 15 is 0 Å². The normalized spacial score (nSPS) is 14.6. The molecule has 0 radical (unpaired) electrons. The van der Waals surface area contributed by atoms with E-state index in [0.717, 1.165) is 0 Å². The van der Waals surface area contributed by atoms with Crippen molar-refractivity contribution in [2.75, 3.05) is 0 Å². The van der Waals surface area contributed by atoms with Gasteiger partial charge in [-0.25, -0.2) is 0 Å². The predicted molar refractivity (Wildman–Crippen MR) is 215 cm³/mol. The Morgan fingerprint density at radius 1 is 0.431 bits per heavy atom. The number of allylic oxidation sites excluding steroid dienone is 2. The molecule has 3 nitrogen and oxygen atoms in total. The van der Waals surface area contributed by atoms with Gasteiger partial charge in [-0.1, -0.05) is 133 Å².